The molecule has 0 fully saturated rings. The lowest BCUT2D eigenvalue weighted by Crippen LogP contribution is -2.45. The van der Waals surface area contributed by atoms with Crippen molar-refractivity contribution in [3.05, 3.63) is 24.3 Å². The number of carbonyl (C=O) groups excluding carboxylic acids is 2. The predicted molar refractivity (Wildman–Crippen MR) is 384 cm³/mol. The highest BCUT2D eigenvalue weighted by Crippen LogP contribution is 2.20. The molecule has 6 nitrogen and oxygen atoms in total. The first kappa shape index (κ1) is 85.3. The molecule has 87 heavy (non-hydrogen) atoms. The molecule has 0 radical (unpaired) electrons. The molecule has 0 aromatic heterocycles. The quantitative estimate of drug-likeness (QED) is 0.0320. The highest BCUT2D eigenvalue weighted by atomic mass is 16.5. The average molecular weight is 1230 g/mol. The zero-order valence-electron chi connectivity index (χ0n) is 59.3. The van der Waals surface area contributed by atoms with Crippen LogP contribution in [0.3, 0.4) is 0 Å². The Labute approximate surface area is 545 Å². The van der Waals surface area contributed by atoms with Gasteiger partial charge in [0.25, 0.3) is 0 Å². The zero-order chi connectivity index (χ0) is 62.8. The lowest BCUT2D eigenvalue weighted by molar-refractivity contribution is -0.143. The van der Waals surface area contributed by atoms with Crippen molar-refractivity contribution < 1.29 is 24.5 Å². The minimum absolute atomic E-state index is 0.0161. The number of esters is 1. The fourth-order valence-electron chi connectivity index (χ4n) is 12.9. The van der Waals surface area contributed by atoms with Gasteiger partial charge < -0.3 is 20.3 Å². The third-order valence-electron chi connectivity index (χ3n) is 19.0. The smallest absolute Gasteiger partial charge is 0.305 e. The fourth-order valence-corrected chi connectivity index (χ4v) is 12.9. The van der Waals surface area contributed by atoms with Gasteiger partial charge in [-0.1, -0.05) is 411 Å². The van der Waals surface area contributed by atoms with Crippen LogP contribution in [-0.2, 0) is 14.3 Å². The first-order valence-corrected chi connectivity index (χ1v) is 40.1. The second-order valence-corrected chi connectivity index (χ2v) is 27.8. The van der Waals surface area contributed by atoms with Crippen LogP contribution < -0.4 is 5.32 Å². The van der Waals surface area contributed by atoms with Crippen LogP contribution in [0.2, 0.25) is 0 Å². The van der Waals surface area contributed by atoms with Crippen molar-refractivity contribution in [2.75, 3.05) is 13.2 Å². The summed E-state index contributed by atoms with van der Waals surface area (Å²) in [4.78, 5) is 24.6. The van der Waals surface area contributed by atoms with Gasteiger partial charge in [-0.15, -0.1) is 0 Å². The highest BCUT2D eigenvalue weighted by Gasteiger charge is 2.18. The van der Waals surface area contributed by atoms with Crippen LogP contribution in [0.1, 0.15) is 457 Å². The molecular formula is C81H157NO5. The van der Waals surface area contributed by atoms with E-state index in [0.717, 1.165) is 44.9 Å². The number of aliphatic hydroxyl groups is 2. The molecule has 2 unspecified atom stereocenters. The average Bonchev–Trinajstić information content (AvgIpc) is 3.52. The van der Waals surface area contributed by atoms with E-state index in [2.05, 4.69) is 31.3 Å². The minimum Gasteiger partial charge on any atom is -0.466 e. The van der Waals surface area contributed by atoms with Crippen LogP contribution in [0.25, 0.3) is 0 Å². The molecule has 0 aliphatic rings. The summed E-state index contributed by atoms with van der Waals surface area (Å²) in [6, 6.07) is -0.624. The van der Waals surface area contributed by atoms with Crippen molar-refractivity contribution in [1.29, 1.82) is 0 Å². The van der Waals surface area contributed by atoms with Gasteiger partial charge in [0.1, 0.15) is 0 Å². The summed E-state index contributed by atoms with van der Waals surface area (Å²) in [6.45, 7) is 4.95. The van der Waals surface area contributed by atoms with E-state index in [1.165, 1.54) is 385 Å². The first-order valence-electron chi connectivity index (χ1n) is 40.1. The molecule has 6 heteroatoms. The van der Waals surface area contributed by atoms with Crippen LogP contribution in [0.15, 0.2) is 24.3 Å². The Balaban J connectivity index is 3.31. The van der Waals surface area contributed by atoms with E-state index >= 15 is 0 Å². The lowest BCUT2D eigenvalue weighted by atomic mass is 10.0. The molecular weight excluding hydrogens is 1070 g/mol. The Bertz CT molecular complexity index is 1360. The van der Waals surface area contributed by atoms with Crippen LogP contribution in [0.5, 0.6) is 0 Å². The van der Waals surface area contributed by atoms with Gasteiger partial charge >= 0.3 is 5.97 Å². The number of nitrogens with one attached hydrogen (secondary N) is 1. The van der Waals surface area contributed by atoms with Crippen molar-refractivity contribution in [1.82, 2.24) is 5.32 Å². The molecule has 516 valence electrons. The molecule has 0 saturated heterocycles. The summed E-state index contributed by atoms with van der Waals surface area (Å²) in [6.07, 6.45) is 98.9. The Morgan fingerprint density at radius 2 is 0.540 bits per heavy atom. The van der Waals surface area contributed by atoms with Crippen LogP contribution in [0.4, 0.5) is 0 Å². The number of rotatable bonds is 76. The van der Waals surface area contributed by atoms with Gasteiger partial charge in [0.05, 0.1) is 25.4 Å². The Morgan fingerprint density at radius 1 is 0.310 bits per heavy atom. The Hall–Kier alpha value is -1.66. The van der Waals surface area contributed by atoms with E-state index < -0.39 is 12.1 Å². The molecule has 0 saturated carbocycles. The number of aliphatic hydroxyl groups excluding tert-OH is 2. The molecule has 0 rings (SSSR count). The molecule has 0 heterocycles. The number of carbonyl (C=O) groups is 2. The number of ether oxygens (including phenoxy) is 1. The second kappa shape index (κ2) is 76.8. The largest absolute Gasteiger partial charge is 0.466 e. The maximum absolute atomic E-state index is 12.5. The third kappa shape index (κ3) is 73.3. The maximum Gasteiger partial charge on any atom is 0.305 e. The molecule has 2 atom stereocenters. The number of hydrogen-bond acceptors (Lipinski definition) is 5. The van der Waals surface area contributed by atoms with Gasteiger partial charge in [-0.2, -0.15) is 0 Å². The van der Waals surface area contributed by atoms with E-state index in [9.17, 15) is 19.8 Å². The van der Waals surface area contributed by atoms with Gasteiger partial charge in [0.15, 0.2) is 0 Å². The van der Waals surface area contributed by atoms with E-state index in [4.69, 9.17) is 4.74 Å². The van der Waals surface area contributed by atoms with E-state index in [1.807, 2.05) is 6.08 Å². The van der Waals surface area contributed by atoms with Crippen molar-refractivity contribution >= 4 is 11.9 Å². The summed E-state index contributed by atoms with van der Waals surface area (Å²) < 4.78 is 5.50. The van der Waals surface area contributed by atoms with Gasteiger partial charge in [0.2, 0.25) is 5.91 Å². The normalized spacial score (nSPS) is 12.6. The first-order chi connectivity index (χ1) is 43.0. The summed E-state index contributed by atoms with van der Waals surface area (Å²) in [5.41, 5.74) is 0. The van der Waals surface area contributed by atoms with E-state index in [1.54, 1.807) is 6.08 Å². The van der Waals surface area contributed by atoms with Crippen molar-refractivity contribution in [3.63, 3.8) is 0 Å². The Kier molecular flexibility index (Phi) is 75.3. The Morgan fingerprint density at radius 3 is 0.816 bits per heavy atom. The maximum atomic E-state index is 12.5. The van der Waals surface area contributed by atoms with Crippen LogP contribution in [0, 0.1) is 0 Å². The molecule has 0 aromatic carbocycles. The number of unbranched alkanes of at least 4 members (excludes halogenated alkanes) is 63. The zero-order valence-corrected chi connectivity index (χ0v) is 59.3. The molecule has 3 N–H and O–H groups in total. The van der Waals surface area contributed by atoms with Gasteiger partial charge in [-0.05, 0) is 57.8 Å². The molecule has 0 aliphatic carbocycles. The fraction of sp³-hybridized carbons (Fsp3) is 0.926. The van der Waals surface area contributed by atoms with E-state index in [0.29, 0.717) is 19.4 Å². The lowest BCUT2D eigenvalue weighted by Gasteiger charge is -2.20. The van der Waals surface area contributed by atoms with E-state index in [-0.39, 0.29) is 18.5 Å². The molecule has 0 spiro atoms. The number of hydrogen-bond donors (Lipinski definition) is 3. The summed E-state index contributed by atoms with van der Waals surface area (Å²) in [5, 5.41) is 23.3. The topological polar surface area (TPSA) is 95.9 Å². The molecule has 1 amide bonds. The predicted octanol–water partition coefficient (Wildman–Crippen LogP) is 26.4. The van der Waals surface area contributed by atoms with Gasteiger partial charge in [-0.3, -0.25) is 9.59 Å². The van der Waals surface area contributed by atoms with Crippen LogP contribution in [-0.4, -0.2) is 47.4 Å². The molecule has 0 aromatic rings. The van der Waals surface area contributed by atoms with Crippen LogP contribution >= 0.6 is 0 Å². The summed E-state index contributed by atoms with van der Waals surface area (Å²) in [5.74, 6) is -0.0420. The van der Waals surface area contributed by atoms with Crippen molar-refractivity contribution in [3.8, 4) is 0 Å². The van der Waals surface area contributed by atoms with Gasteiger partial charge in [0, 0.05) is 12.8 Å². The standard InChI is InChI=1S/C81H157NO5/c1-3-5-7-9-11-13-15-17-19-20-42-46-49-53-57-61-65-69-73-79(84)78(77-83)82-80(85)74-70-66-62-58-54-50-47-43-40-38-36-34-32-30-28-26-24-22-21-23-25-27-29-31-33-35-37-39-41-44-48-52-56-60-64-68-72-76-87-81(86)75-71-67-63-59-55-51-45-18-16-14-12-10-8-6-4-2/h18,45,69,73,78-79,83-84H,3-17,19-44,46-68,70-72,74-77H2,1-2H3,(H,82,85)/b45-18-,73-69+. The summed E-state index contributed by atoms with van der Waals surface area (Å²) in [7, 11) is 0. The highest BCUT2D eigenvalue weighted by molar-refractivity contribution is 5.76. The third-order valence-corrected chi connectivity index (χ3v) is 19.0. The minimum atomic E-state index is -0.841. The van der Waals surface area contributed by atoms with Crippen molar-refractivity contribution in [2.24, 2.45) is 0 Å². The second-order valence-electron chi connectivity index (χ2n) is 27.8. The molecule has 0 aliphatic heterocycles. The number of allylic oxidation sites excluding steroid dienone is 3. The molecule has 0 bridgehead atoms. The SMILES string of the molecule is CCCCCCCC/C=C\CCCCCCCC(=O)OCCCCCCCCCCCCCCCCCCCCCCCCCCCCCCCCCCCCCCCC(=O)NC(CO)C(O)/C=C/CCCCCCCCCCCCCCCCCC. The number of amides is 1. The van der Waals surface area contributed by atoms with Gasteiger partial charge in [-0.25, -0.2) is 0 Å². The monoisotopic (exact) mass is 1220 g/mol. The van der Waals surface area contributed by atoms with Crippen molar-refractivity contribution in [2.45, 2.75) is 469 Å². The summed E-state index contributed by atoms with van der Waals surface area (Å²) >= 11 is 0.